The van der Waals surface area contributed by atoms with Gasteiger partial charge in [0, 0.05) is 28.9 Å². The zero-order valence-electron chi connectivity index (χ0n) is 15.3. The van der Waals surface area contributed by atoms with Crippen LogP contribution in [0.1, 0.15) is 30.5 Å². The Morgan fingerprint density at radius 1 is 1.15 bits per heavy atom. The molecule has 27 heavy (non-hydrogen) atoms. The van der Waals surface area contributed by atoms with Crippen LogP contribution in [0.15, 0.2) is 54.7 Å². The molecule has 0 fully saturated rings. The first-order valence-corrected chi connectivity index (χ1v) is 8.74. The molecule has 0 bridgehead atoms. The number of urea groups is 1. The number of primary amides is 1. The van der Waals surface area contributed by atoms with E-state index in [1.165, 1.54) is 5.56 Å². The number of aliphatic carboxylic acids is 1. The molecule has 1 heterocycles. The predicted molar refractivity (Wildman–Crippen MR) is 105 cm³/mol. The minimum atomic E-state index is -1.12. The fourth-order valence-corrected chi connectivity index (χ4v) is 3.35. The largest absolute Gasteiger partial charge is 0.480 e. The lowest BCUT2D eigenvalue weighted by atomic mass is 9.78. The number of rotatable bonds is 6. The summed E-state index contributed by atoms with van der Waals surface area (Å²) in [5, 5.41) is 12.6. The molecule has 1 unspecified atom stereocenters. The van der Waals surface area contributed by atoms with E-state index in [0.29, 0.717) is 0 Å². The van der Waals surface area contributed by atoms with Gasteiger partial charge in [0.25, 0.3) is 0 Å². The number of carbonyl (C=O) groups excluding carboxylic acids is 1. The van der Waals surface area contributed by atoms with Crippen molar-refractivity contribution < 1.29 is 14.7 Å². The van der Waals surface area contributed by atoms with Crippen LogP contribution in [0.3, 0.4) is 0 Å². The third kappa shape index (κ3) is 3.79. The van der Waals surface area contributed by atoms with Crippen molar-refractivity contribution in [1.82, 2.24) is 10.3 Å². The second-order valence-corrected chi connectivity index (χ2v) is 7.17. The van der Waals surface area contributed by atoms with Crippen LogP contribution in [0.4, 0.5) is 4.79 Å². The van der Waals surface area contributed by atoms with Crippen LogP contribution in [0.25, 0.3) is 10.9 Å². The predicted octanol–water partition coefficient (Wildman–Crippen LogP) is 3.16. The number of carbonyl (C=O) groups is 2. The number of carboxylic acid groups (broad SMARTS) is 1. The third-order valence-electron chi connectivity index (χ3n) is 5.02. The molecule has 0 aliphatic heterocycles. The molecule has 3 rings (SSSR count). The summed E-state index contributed by atoms with van der Waals surface area (Å²) in [4.78, 5) is 25.7. The quantitative estimate of drug-likeness (QED) is 0.539. The number of hydrogen-bond acceptors (Lipinski definition) is 2. The van der Waals surface area contributed by atoms with Crippen LogP contribution in [-0.2, 0) is 16.6 Å². The van der Waals surface area contributed by atoms with E-state index in [1.54, 1.807) is 6.20 Å². The molecule has 6 heteroatoms. The number of nitrogens with one attached hydrogen (secondary N) is 2. The lowest BCUT2D eigenvalue weighted by Gasteiger charge is -2.26. The van der Waals surface area contributed by atoms with E-state index < -0.39 is 18.0 Å². The first-order valence-electron chi connectivity index (χ1n) is 8.74. The normalized spacial score (nSPS) is 12.7. The molecule has 3 aromatic rings. The van der Waals surface area contributed by atoms with Crippen LogP contribution in [0, 0.1) is 0 Å². The fourth-order valence-electron chi connectivity index (χ4n) is 3.35. The number of carboxylic acids is 1. The summed E-state index contributed by atoms with van der Waals surface area (Å²) in [5.74, 6) is -1.12. The van der Waals surface area contributed by atoms with Crippen molar-refractivity contribution in [3.05, 3.63) is 71.4 Å². The SMILES string of the molecule is CC(C)(c1ccccc1)c1ccc2[nH]cc(CC(NC(N)=O)C(=O)O)c2c1. The minimum absolute atomic E-state index is 0.146. The number of hydrogen-bond donors (Lipinski definition) is 4. The molecular formula is C21H23N3O3. The first kappa shape index (κ1) is 18.5. The molecule has 0 saturated heterocycles. The van der Waals surface area contributed by atoms with Crippen LogP contribution in [0.5, 0.6) is 0 Å². The molecule has 1 aromatic heterocycles. The smallest absolute Gasteiger partial charge is 0.326 e. The second kappa shape index (κ2) is 7.15. The zero-order chi connectivity index (χ0) is 19.6. The lowest BCUT2D eigenvalue weighted by molar-refractivity contribution is -0.139. The Balaban J connectivity index is 1.99. The molecular weight excluding hydrogens is 342 g/mol. The molecule has 0 radical (unpaired) electrons. The number of aromatic nitrogens is 1. The van der Waals surface area contributed by atoms with E-state index in [9.17, 15) is 14.7 Å². The van der Waals surface area contributed by atoms with Gasteiger partial charge in [-0.1, -0.05) is 50.2 Å². The summed E-state index contributed by atoms with van der Waals surface area (Å²) in [6.07, 6.45) is 1.93. The molecule has 0 aliphatic carbocycles. The average molecular weight is 365 g/mol. The molecule has 140 valence electrons. The minimum Gasteiger partial charge on any atom is -0.480 e. The summed E-state index contributed by atoms with van der Waals surface area (Å²) in [5.41, 5.74) is 8.94. The number of nitrogens with two attached hydrogens (primary N) is 1. The zero-order valence-corrected chi connectivity index (χ0v) is 15.3. The van der Waals surface area contributed by atoms with Gasteiger partial charge in [-0.25, -0.2) is 9.59 Å². The molecule has 0 saturated carbocycles. The Hall–Kier alpha value is -3.28. The van der Waals surface area contributed by atoms with Crippen molar-refractivity contribution in [2.75, 3.05) is 0 Å². The Kier molecular flexibility index (Phi) is 4.90. The van der Waals surface area contributed by atoms with Crippen molar-refractivity contribution in [3.8, 4) is 0 Å². The highest BCUT2D eigenvalue weighted by Crippen LogP contribution is 2.34. The van der Waals surface area contributed by atoms with Gasteiger partial charge in [0.1, 0.15) is 6.04 Å². The summed E-state index contributed by atoms with van der Waals surface area (Å²) in [7, 11) is 0. The number of amides is 2. The molecule has 6 nitrogen and oxygen atoms in total. The van der Waals surface area contributed by atoms with Crippen molar-refractivity contribution in [3.63, 3.8) is 0 Å². The lowest BCUT2D eigenvalue weighted by Crippen LogP contribution is -2.44. The van der Waals surface area contributed by atoms with Gasteiger partial charge in [-0.2, -0.15) is 0 Å². The highest BCUT2D eigenvalue weighted by Gasteiger charge is 2.25. The maximum absolute atomic E-state index is 11.4. The van der Waals surface area contributed by atoms with Crippen LogP contribution < -0.4 is 11.1 Å². The monoisotopic (exact) mass is 365 g/mol. The van der Waals surface area contributed by atoms with Gasteiger partial charge in [0.2, 0.25) is 0 Å². The van der Waals surface area contributed by atoms with E-state index in [1.807, 2.05) is 24.3 Å². The molecule has 5 N–H and O–H groups in total. The van der Waals surface area contributed by atoms with E-state index in [0.717, 1.165) is 22.0 Å². The van der Waals surface area contributed by atoms with Crippen molar-refractivity contribution in [2.24, 2.45) is 5.73 Å². The van der Waals surface area contributed by atoms with Gasteiger partial charge in [0.05, 0.1) is 0 Å². The van der Waals surface area contributed by atoms with Gasteiger partial charge in [-0.15, -0.1) is 0 Å². The Morgan fingerprint density at radius 3 is 2.48 bits per heavy atom. The standard InChI is InChI=1S/C21H23N3O3/c1-21(2,14-6-4-3-5-7-14)15-8-9-17-16(11-15)13(12-23-17)10-18(19(25)26)24-20(22)27/h3-9,11-12,18,23H,10H2,1-2H3,(H,25,26)(H3,22,24,27). The van der Waals surface area contributed by atoms with Gasteiger partial charge in [-0.3, -0.25) is 0 Å². The summed E-state index contributed by atoms with van der Waals surface area (Å²) in [6, 6.07) is 14.4. The van der Waals surface area contributed by atoms with E-state index in [2.05, 4.69) is 48.4 Å². The number of fused-ring (bicyclic) bond motifs is 1. The van der Waals surface area contributed by atoms with Crippen molar-refractivity contribution >= 4 is 22.9 Å². The molecule has 0 aliphatic rings. The highest BCUT2D eigenvalue weighted by molar-refractivity contribution is 5.86. The Bertz CT molecular complexity index is 977. The molecule has 2 aromatic carbocycles. The molecule has 1 atom stereocenters. The summed E-state index contributed by atoms with van der Waals surface area (Å²) >= 11 is 0. The second-order valence-electron chi connectivity index (χ2n) is 7.17. The van der Waals surface area contributed by atoms with Crippen molar-refractivity contribution in [1.29, 1.82) is 0 Å². The maximum atomic E-state index is 11.4. The van der Waals surface area contributed by atoms with Gasteiger partial charge in [-0.05, 0) is 28.8 Å². The van der Waals surface area contributed by atoms with Crippen LogP contribution in [0.2, 0.25) is 0 Å². The number of aromatic amines is 1. The van der Waals surface area contributed by atoms with Gasteiger partial charge in [0.15, 0.2) is 0 Å². The highest BCUT2D eigenvalue weighted by atomic mass is 16.4. The summed E-state index contributed by atoms with van der Waals surface area (Å²) in [6.45, 7) is 4.31. The first-order chi connectivity index (χ1) is 12.8. The van der Waals surface area contributed by atoms with E-state index in [4.69, 9.17) is 5.73 Å². The number of benzene rings is 2. The van der Waals surface area contributed by atoms with E-state index >= 15 is 0 Å². The third-order valence-corrected chi connectivity index (χ3v) is 5.02. The van der Waals surface area contributed by atoms with Crippen molar-refractivity contribution in [2.45, 2.75) is 31.7 Å². The molecule has 0 spiro atoms. The average Bonchev–Trinajstić information content (AvgIpc) is 3.03. The van der Waals surface area contributed by atoms with Gasteiger partial charge >= 0.3 is 12.0 Å². The van der Waals surface area contributed by atoms with Crippen LogP contribution >= 0.6 is 0 Å². The van der Waals surface area contributed by atoms with Gasteiger partial charge < -0.3 is 21.1 Å². The Morgan fingerprint density at radius 2 is 1.85 bits per heavy atom. The topological polar surface area (TPSA) is 108 Å². The maximum Gasteiger partial charge on any atom is 0.326 e. The fraction of sp³-hybridized carbons (Fsp3) is 0.238. The molecule has 2 amide bonds. The summed E-state index contributed by atoms with van der Waals surface area (Å²) < 4.78 is 0. The number of H-pyrrole nitrogens is 1. The van der Waals surface area contributed by atoms with Crippen LogP contribution in [-0.4, -0.2) is 28.1 Å². The Labute approximate surface area is 157 Å². The van der Waals surface area contributed by atoms with E-state index in [-0.39, 0.29) is 11.8 Å².